The first-order valence-electron chi connectivity index (χ1n) is 6.46. The molecular weight excluding hydrogens is 306 g/mol. The SMILES string of the molecule is COC(CN1CC=C(c2ccc(Br)cc2)CC1)OC. The van der Waals surface area contributed by atoms with E-state index in [1.165, 1.54) is 11.1 Å². The maximum Gasteiger partial charge on any atom is 0.169 e. The summed E-state index contributed by atoms with van der Waals surface area (Å²) in [6.45, 7) is 2.82. The summed E-state index contributed by atoms with van der Waals surface area (Å²) in [5.74, 6) is 0. The second kappa shape index (κ2) is 7.20. The van der Waals surface area contributed by atoms with Crippen molar-refractivity contribution >= 4 is 21.5 Å². The average molecular weight is 326 g/mol. The van der Waals surface area contributed by atoms with Crippen molar-refractivity contribution in [3.05, 3.63) is 40.4 Å². The fourth-order valence-electron chi connectivity index (χ4n) is 2.26. The van der Waals surface area contributed by atoms with Gasteiger partial charge in [0.05, 0.1) is 0 Å². The van der Waals surface area contributed by atoms with Crippen LogP contribution < -0.4 is 0 Å². The summed E-state index contributed by atoms with van der Waals surface area (Å²) >= 11 is 3.47. The van der Waals surface area contributed by atoms with Gasteiger partial charge >= 0.3 is 0 Å². The molecule has 1 aliphatic heterocycles. The van der Waals surface area contributed by atoms with Crippen LogP contribution in [0.4, 0.5) is 0 Å². The molecule has 0 atom stereocenters. The molecule has 0 unspecified atom stereocenters. The van der Waals surface area contributed by atoms with Crippen molar-refractivity contribution in [1.82, 2.24) is 4.90 Å². The zero-order chi connectivity index (χ0) is 13.7. The molecule has 0 saturated carbocycles. The average Bonchev–Trinajstić information content (AvgIpc) is 2.46. The Labute approximate surface area is 123 Å². The van der Waals surface area contributed by atoms with E-state index < -0.39 is 0 Å². The largest absolute Gasteiger partial charge is 0.355 e. The predicted molar refractivity (Wildman–Crippen MR) is 81.0 cm³/mol. The van der Waals surface area contributed by atoms with Crippen LogP contribution in [0.5, 0.6) is 0 Å². The summed E-state index contributed by atoms with van der Waals surface area (Å²) in [5, 5.41) is 0. The van der Waals surface area contributed by atoms with Gasteiger partial charge in [-0.25, -0.2) is 0 Å². The van der Waals surface area contributed by atoms with Crippen molar-refractivity contribution in [2.45, 2.75) is 12.7 Å². The van der Waals surface area contributed by atoms with E-state index in [0.717, 1.165) is 30.5 Å². The molecule has 1 heterocycles. The molecule has 4 heteroatoms. The molecule has 19 heavy (non-hydrogen) atoms. The van der Waals surface area contributed by atoms with Crippen LogP contribution in [0.15, 0.2) is 34.8 Å². The minimum absolute atomic E-state index is 0.136. The zero-order valence-corrected chi connectivity index (χ0v) is 13.0. The van der Waals surface area contributed by atoms with Gasteiger partial charge in [-0.2, -0.15) is 0 Å². The molecule has 0 radical (unpaired) electrons. The zero-order valence-electron chi connectivity index (χ0n) is 11.4. The van der Waals surface area contributed by atoms with E-state index in [-0.39, 0.29) is 6.29 Å². The minimum Gasteiger partial charge on any atom is -0.355 e. The number of hydrogen-bond donors (Lipinski definition) is 0. The number of rotatable bonds is 5. The van der Waals surface area contributed by atoms with Gasteiger partial charge in [0.1, 0.15) is 0 Å². The Kier molecular flexibility index (Phi) is 5.58. The predicted octanol–water partition coefficient (Wildman–Crippen LogP) is 3.16. The number of hydrogen-bond acceptors (Lipinski definition) is 3. The molecule has 0 aliphatic carbocycles. The molecule has 0 N–H and O–H groups in total. The first-order valence-corrected chi connectivity index (χ1v) is 7.25. The number of benzene rings is 1. The van der Waals surface area contributed by atoms with Gasteiger partial charge in [0.25, 0.3) is 0 Å². The van der Waals surface area contributed by atoms with Crippen LogP contribution in [-0.4, -0.2) is 45.0 Å². The Morgan fingerprint density at radius 3 is 2.42 bits per heavy atom. The lowest BCUT2D eigenvalue weighted by Gasteiger charge is -2.29. The smallest absolute Gasteiger partial charge is 0.169 e. The second-order valence-electron chi connectivity index (χ2n) is 4.65. The topological polar surface area (TPSA) is 21.7 Å². The van der Waals surface area contributed by atoms with Gasteiger partial charge in [-0.3, -0.25) is 4.90 Å². The highest BCUT2D eigenvalue weighted by molar-refractivity contribution is 9.10. The third kappa shape index (κ3) is 4.14. The molecule has 1 aromatic rings. The highest BCUT2D eigenvalue weighted by atomic mass is 79.9. The molecule has 104 valence electrons. The maximum absolute atomic E-state index is 5.24. The summed E-state index contributed by atoms with van der Waals surface area (Å²) in [4.78, 5) is 2.35. The molecule has 0 saturated heterocycles. The van der Waals surface area contributed by atoms with Gasteiger partial charge in [-0.15, -0.1) is 0 Å². The molecule has 0 spiro atoms. The van der Waals surface area contributed by atoms with E-state index >= 15 is 0 Å². The molecule has 1 aromatic carbocycles. The molecule has 1 aliphatic rings. The van der Waals surface area contributed by atoms with Gasteiger partial charge < -0.3 is 9.47 Å². The standard InChI is InChI=1S/C15H20BrNO2/c1-18-15(19-2)11-17-9-7-13(8-10-17)12-3-5-14(16)6-4-12/h3-7,15H,8-11H2,1-2H3. The fourth-order valence-corrected chi connectivity index (χ4v) is 2.52. The third-order valence-corrected chi connectivity index (χ3v) is 3.97. The summed E-state index contributed by atoms with van der Waals surface area (Å²) in [5.41, 5.74) is 2.74. The van der Waals surface area contributed by atoms with Gasteiger partial charge in [0.2, 0.25) is 0 Å². The van der Waals surface area contributed by atoms with Gasteiger partial charge in [0, 0.05) is 38.3 Å². The first kappa shape index (κ1) is 14.7. The van der Waals surface area contributed by atoms with Crippen molar-refractivity contribution in [2.75, 3.05) is 33.9 Å². The number of methoxy groups -OCH3 is 2. The van der Waals surface area contributed by atoms with Crippen molar-refractivity contribution in [2.24, 2.45) is 0 Å². The van der Waals surface area contributed by atoms with E-state index in [9.17, 15) is 0 Å². The fraction of sp³-hybridized carbons (Fsp3) is 0.467. The van der Waals surface area contributed by atoms with E-state index in [1.807, 2.05) is 0 Å². The lowest BCUT2D eigenvalue weighted by atomic mass is 10.00. The quantitative estimate of drug-likeness (QED) is 0.776. The van der Waals surface area contributed by atoms with Crippen molar-refractivity contribution in [3.63, 3.8) is 0 Å². The first-order chi connectivity index (χ1) is 9.22. The highest BCUT2D eigenvalue weighted by Gasteiger charge is 2.16. The van der Waals surface area contributed by atoms with E-state index in [0.29, 0.717) is 0 Å². The molecule has 2 rings (SSSR count). The van der Waals surface area contributed by atoms with E-state index in [1.54, 1.807) is 14.2 Å². The van der Waals surface area contributed by atoms with Crippen molar-refractivity contribution < 1.29 is 9.47 Å². The summed E-state index contributed by atoms with van der Waals surface area (Å²) < 4.78 is 11.6. The minimum atomic E-state index is -0.136. The summed E-state index contributed by atoms with van der Waals surface area (Å²) in [6.07, 6.45) is 3.24. The van der Waals surface area contributed by atoms with Crippen LogP contribution in [0.1, 0.15) is 12.0 Å². The lowest BCUT2D eigenvalue weighted by molar-refractivity contribution is -0.115. The Hall–Kier alpha value is -0.680. The summed E-state index contributed by atoms with van der Waals surface area (Å²) in [6, 6.07) is 8.51. The molecule has 0 aromatic heterocycles. The van der Waals surface area contributed by atoms with Crippen molar-refractivity contribution in [3.8, 4) is 0 Å². The number of halogens is 1. The second-order valence-corrected chi connectivity index (χ2v) is 5.56. The number of nitrogens with zero attached hydrogens (tertiary/aromatic N) is 1. The van der Waals surface area contributed by atoms with Gasteiger partial charge in [-0.05, 0) is 29.7 Å². The lowest BCUT2D eigenvalue weighted by Crippen LogP contribution is -2.37. The van der Waals surface area contributed by atoms with Crippen LogP contribution in [0.25, 0.3) is 5.57 Å². The van der Waals surface area contributed by atoms with Gasteiger partial charge in [-0.1, -0.05) is 34.1 Å². The Bertz CT molecular complexity index is 426. The molecule has 0 bridgehead atoms. The van der Waals surface area contributed by atoms with Crippen LogP contribution in [0.2, 0.25) is 0 Å². The molecule has 0 amide bonds. The van der Waals surface area contributed by atoms with Crippen LogP contribution in [-0.2, 0) is 9.47 Å². The van der Waals surface area contributed by atoms with Crippen molar-refractivity contribution in [1.29, 1.82) is 0 Å². The highest BCUT2D eigenvalue weighted by Crippen LogP contribution is 2.24. The monoisotopic (exact) mass is 325 g/mol. The van der Waals surface area contributed by atoms with Crippen LogP contribution in [0.3, 0.4) is 0 Å². The number of ether oxygens (including phenoxy) is 2. The van der Waals surface area contributed by atoms with Gasteiger partial charge in [0.15, 0.2) is 6.29 Å². The Morgan fingerprint density at radius 2 is 1.89 bits per heavy atom. The third-order valence-electron chi connectivity index (χ3n) is 3.44. The molecule has 0 fully saturated rings. The molecule has 3 nitrogen and oxygen atoms in total. The van der Waals surface area contributed by atoms with Crippen LogP contribution in [0, 0.1) is 0 Å². The summed E-state index contributed by atoms with van der Waals surface area (Å²) in [7, 11) is 3.36. The normalized spacial score (nSPS) is 16.7. The maximum atomic E-state index is 5.24. The van der Waals surface area contributed by atoms with E-state index in [4.69, 9.17) is 9.47 Å². The Morgan fingerprint density at radius 1 is 1.21 bits per heavy atom. The van der Waals surface area contributed by atoms with Crippen LogP contribution >= 0.6 is 15.9 Å². The van der Waals surface area contributed by atoms with E-state index in [2.05, 4.69) is 51.2 Å². The Balaban J connectivity index is 1.94. The molecular formula is C15H20BrNO2.